The predicted octanol–water partition coefficient (Wildman–Crippen LogP) is 2.00. The van der Waals surface area contributed by atoms with Crippen LogP contribution in [0.3, 0.4) is 0 Å². The van der Waals surface area contributed by atoms with Crippen molar-refractivity contribution in [3.05, 3.63) is 58.7 Å². The molecule has 1 N–H and O–H groups in total. The molecule has 0 saturated heterocycles. The summed E-state index contributed by atoms with van der Waals surface area (Å²) < 4.78 is 0. The molecule has 6 heteroatoms. The fourth-order valence-electron chi connectivity index (χ4n) is 1.37. The summed E-state index contributed by atoms with van der Waals surface area (Å²) in [4.78, 5) is 18.1. The number of pyridine rings is 2. The highest BCUT2D eigenvalue weighted by molar-refractivity contribution is 5.59. The number of hydrogen-bond donors (Lipinski definition) is 1. The molecule has 86 valence electrons. The minimum atomic E-state index is -0.465. The van der Waals surface area contributed by atoms with Gasteiger partial charge in [0, 0.05) is 12.4 Å². The first-order valence-electron chi connectivity index (χ1n) is 4.99. The molecule has 0 aliphatic rings. The first kappa shape index (κ1) is 11.0. The van der Waals surface area contributed by atoms with Gasteiger partial charge in [-0.15, -0.1) is 0 Å². The average Bonchev–Trinajstić information content (AvgIpc) is 2.38. The smallest absolute Gasteiger partial charge is 0.310 e. The second-order valence-electron chi connectivity index (χ2n) is 3.32. The Morgan fingerprint density at radius 1 is 1.29 bits per heavy atom. The largest absolute Gasteiger partial charge is 0.374 e. The van der Waals surface area contributed by atoms with E-state index in [9.17, 15) is 10.1 Å². The molecule has 0 radical (unpaired) electrons. The summed E-state index contributed by atoms with van der Waals surface area (Å²) in [6, 6.07) is 7.10. The number of hydrogen-bond acceptors (Lipinski definition) is 5. The van der Waals surface area contributed by atoms with E-state index < -0.39 is 4.92 Å². The zero-order valence-electron chi connectivity index (χ0n) is 8.91. The van der Waals surface area contributed by atoms with Crippen molar-refractivity contribution in [3.63, 3.8) is 0 Å². The molecule has 2 aromatic rings. The lowest BCUT2D eigenvalue weighted by molar-refractivity contribution is -0.384. The lowest BCUT2D eigenvalue weighted by Crippen LogP contribution is -2.04. The molecule has 2 heterocycles. The Bertz CT molecular complexity index is 516. The maximum absolute atomic E-state index is 10.7. The van der Waals surface area contributed by atoms with E-state index in [0.29, 0.717) is 12.2 Å². The topological polar surface area (TPSA) is 81.0 Å². The number of nitro groups is 1. The lowest BCUT2D eigenvalue weighted by Gasteiger charge is -2.05. The van der Waals surface area contributed by atoms with Crippen LogP contribution in [-0.2, 0) is 6.54 Å². The standard InChI is InChI=1S/C11H10N4O2/c16-15(17)11-8-12-6-4-10(11)14-7-9-3-1-2-5-13-9/h1-6,8H,7H2,(H,12,14). The molecule has 2 rings (SSSR count). The van der Waals surface area contributed by atoms with Gasteiger partial charge in [0.15, 0.2) is 0 Å². The zero-order valence-corrected chi connectivity index (χ0v) is 8.91. The third kappa shape index (κ3) is 2.75. The van der Waals surface area contributed by atoms with Crippen LogP contribution in [0.15, 0.2) is 42.9 Å². The molecule has 0 bridgehead atoms. The van der Waals surface area contributed by atoms with Gasteiger partial charge in [0.1, 0.15) is 11.9 Å². The SMILES string of the molecule is O=[N+]([O-])c1cnccc1NCc1ccccn1. The van der Waals surface area contributed by atoms with Gasteiger partial charge in [-0.3, -0.25) is 20.1 Å². The van der Waals surface area contributed by atoms with Gasteiger partial charge in [0.25, 0.3) is 0 Å². The van der Waals surface area contributed by atoms with Crippen LogP contribution in [0.25, 0.3) is 0 Å². The molecular formula is C11H10N4O2. The molecule has 0 aromatic carbocycles. The van der Waals surface area contributed by atoms with Crippen molar-refractivity contribution in [2.45, 2.75) is 6.54 Å². The molecule has 6 nitrogen and oxygen atoms in total. The van der Waals surface area contributed by atoms with E-state index in [1.807, 2.05) is 18.2 Å². The molecular weight excluding hydrogens is 220 g/mol. The summed E-state index contributed by atoms with van der Waals surface area (Å²) in [5.41, 5.74) is 1.22. The molecule has 2 aromatic heterocycles. The van der Waals surface area contributed by atoms with Crippen molar-refractivity contribution < 1.29 is 4.92 Å². The fraction of sp³-hybridized carbons (Fsp3) is 0.0909. The summed E-state index contributed by atoms with van der Waals surface area (Å²) >= 11 is 0. The second-order valence-corrected chi connectivity index (χ2v) is 3.32. The summed E-state index contributed by atoms with van der Waals surface area (Å²) in [5, 5.41) is 13.7. The fourth-order valence-corrected chi connectivity index (χ4v) is 1.37. The Labute approximate surface area is 97.5 Å². The quantitative estimate of drug-likeness (QED) is 0.641. The molecule has 0 aliphatic carbocycles. The third-order valence-corrected chi connectivity index (χ3v) is 2.18. The summed E-state index contributed by atoms with van der Waals surface area (Å²) in [5.74, 6) is 0. The second kappa shape index (κ2) is 5.02. The molecule has 17 heavy (non-hydrogen) atoms. The van der Waals surface area contributed by atoms with Gasteiger partial charge in [0.05, 0.1) is 17.2 Å². The van der Waals surface area contributed by atoms with Crippen LogP contribution in [-0.4, -0.2) is 14.9 Å². The summed E-state index contributed by atoms with van der Waals surface area (Å²) in [6.07, 6.45) is 4.41. The van der Waals surface area contributed by atoms with Gasteiger partial charge >= 0.3 is 5.69 Å². The van der Waals surface area contributed by atoms with Crippen LogP contribution in [0.2, 0.25) is 0 Å². The van der Waals surface area contributed by atoms with E-state index >= 15 is 0 Å². The first-order valence-corrected chi connectivity index (χ1v) is 4.99. The number of aromatic nitrogens is 2. The van der Waals surface area contributed by atoms with Gasteiger partial charge in [-0.1, -0.05) is 6.07 Å². The van der Waals surface area contributed by atoms with Gasteiger partial charge in [-0.2, -0.15) is 0 Å². The van der Waals surface area contributed by atoms with E-state index in [4.69, 9.17) is 0 Å². The van der Waals surface area contributed by atoms with Crippen LogP contribution in [0.1, 0.15) is 5.69 Å². The molecule has 0 amide bonds. The Balaban J connectivity index is 2.12. The van der Waals surface area contributed by atoms with Crippen LogP contribution in [0, 0.1) is 10.1 Å². The van der Waals surface area contributed by atoms with Crippen molar-refractivity contribution in [2.24, 2.45) is 0 Å². The van der Waals surface area contributed by atoms with E-state index in [-0.39, 0.29) is 5.69 Å². The maximum atomic E-state index is 10.7. The molecule has 0 unspecified atom stereocenters. The van der Waals surface area contributed by atoms with Crippen LogP contribution in [0.4, 0.5) is 11.4 Å². The molecule has 0 atom stereocenters. The Hall–Kier alpha value is -2.50. The summed E-state index contributed by atoms with van der Waals surface area (Å²) in [7, 11) is 0. The van der Waals surface area contributed by atoms with E-state index in [1.165, 1.54) is 12.4 Å². The molecule has 0 fully saturated rings. The van der Waals surface area contributed by atoms with Crippen LogP contribution in [0.5, 0.6) is 0 Å². The number of anilines is 1. The van der Waals surface area contributed by atoms with Crippen LogP contribution >= 0.6 is 0 Å². The number of nitrogens with one attached hydrogen (secondary N) is 1. The normalized spacial score (nSPS) is 9.88. The van der Waals surface area contributed by atoms with Gasteiger partial charge in [-0.25, -0.2) is 0 Å². The van der Waals surface area contributed by atoms with E-state index in [0.717, 1.165) is 5.69 Å². The minimum absolute atomic E-state index is 0.0385. The van der Waals surface area contributed by atoms with Gasteiger partial charge in [-0.05, 0) is 18.2 Å². The first-order chi connectivity index (χ1) is 8.27. The monoisotopic (exact) mass is 230 g/mol. The highest BCUT2D eigenvalue weighted by atomic mass is 16.6. The highest BCUT2D eigenvalue weighted by Gasteiger charge is 2.12. The van der Waals surface area contributed by atoms with Crippen molar-refractivity contribution in [1.29, 1.82) is 0 Å². The van der Waals surface area contributed by atoms with Gasteiger partial charge in [0.2, 0.25) is 0 Å². The summed E-state index contributed by atoms with van der Waals surface area (Å²) in [6.45, 7) is 0.436. The van der Waals surface area contributed by atoms with Crippen molar-refractivity contribution in [2.75, 3.05) is 5.32 Å². The lowest BCUT2D eigenvalue weighted by atomic mass is 10.3. The predicted molar refractivity (Wildman–Crippen MR) is 62.5 cm³/mol. The van der Waals surface area contributed by atoms with Crippen molar-refractivity contribution >= 4 is 11.4 Å². The molecule has 0 aliphatic heterocycles. The average molecular weight is 230 g/mol. The number of rotatable bonds is 4. The third-order valence-electron chi connectivity index (χ3n) is 2.18. The zero-order chi connectivity index (χ0) is 12.1. The maximum Gasteiger partial charge on any atom is 0.310 e. The Kier molecular flexibility index (Phi) is 3.25. The molecule has 0 saturated carbocycles. The highest BCUT2D eigenvalue weighted by Crippen LogP contribution is 2.22. The molecule has 0 spiro atoms. The number of nitrogens with zero attached hydrogens (tertiary/aromatic N) is 3. The minimum Gasteiger partial charge on any atom is -0.374 e. The van der Waals surface area contributed by atoms with E-state index in [1.54, 1.807) is 12.3 Å². The van der Waals surface area contributed by atoms with Crippen molar-refractivity contribution in [1.82, 2.24) is 9.97 Å². The van der Waals surface area contributed by atoms with Crippen molar-refractivity contribution in [3.8, 4) is 0 Å². The Morgan fingerprint density at radius 2 is 2.18 bits per heavy atom. The van der Waals surface area contributed by atoms with Gasteiger partial charge < -0.3 is 5.32 Å². The van der Waals surface area contributed by atoms with Crippen LogP contribution < -0.4 is 5.32 Å². The van der Waals surface area contributed by atoms with E-state index in [2.05, 4.69) is 15.3 Å². The Morgan fingerprint density at radius 3 is 2.88 bits per heavy atom.